The SMILES string of the molecule is Cc1ccc(S(C)(=O)=O)cc1C(=O)Nc1ccccc1C(=O)NC1CC1. The molecule has 0 bridgehead atoms. The molecule has 0 aliphatic heterocycles. The van der Waals surface area contributed by atoms with Crippen molar-refractivity contribution >= 4 is 27.3 Å². The third-order valence-corrected chi connectivity index (χ3v) is 5.32. The number of nitrogens with one attached hydrogen (secondary N) is 2. The van der Waals surface area contributed by atoms with E-state index >= 15 is 0 Å². The quantitative estimate of drug-likeness (QED) is 0.844. The maximum atomic E-state index is 12.7. The fourth-order valence-corrected chi connectivity index (χ4v) is 3.19. The van der Waals surface area contributed by atoms with Crippen LogP contribution in [0.25, 0.3) is 0 Å². The molecular weight excluding hydrogens is 352 g/mol. The lowest BCUT2D eigenvalue weighted by atomic mass is 10.1. The highest BCUT2D eigenvalue weighted by molar-refractivity contribution is 7.90. The molecule has 1 fully saturated rings. The van der Waals surface area contributed by atoms with Gasteiger partial charge in [0.25, 0.3) is 11.8 Å². The van der Waals surface area contributed by atoms with Gasteiger partial charge in [-0.1, -0.05) is 18.2 Å². The smallest absolute Gasteiger partial charge is 0.255 e. The summed E-state index contributed by atoms with van der Waals surface area (Å²) in [5.74, 6) is -0.690. The van der Waals surface area contributed by atoms with Gasteiger partial charge in [-0.25, -0.2) is 8.42 Å². The molecule has 2 N–H and O–H groups in total. The van der Waals surface area contributed by atoms with Crippen LogP contribution in [0.4, 0.5) is 5.69 Å². The van der Waals surface area contributed by atoms with E-state index in [0.29, 0.717) is 16.8 Å². The summed E-state index contributed by atoms with van der Waals surface area (Å²) in [6, 6.07) is 11.4. The second kappa shape index (κ2) is 6.92. The molecule has 1 aliphatic rings. The highest BCUT2D eigenvalue weighted by atomic mass is 32.2. The number of hydrogen-bond donors (Lipinski definition) is 2. The molecule has 136 valence electrons. The van der Waals surface area contributed by atoms with E-state index in [9.17, 15) is 18.0 Å². The predicted octanol–water partition coefficient (Wildman–Crippen LogP) is 2.54. The first-order chi connectivity index (χ1) is 12.3. The van der Waals surface area contributed by atoms with Crippen molar-refractivity contribution in [3.05, 3.63) is 59.2 Å². The highest BCUT2D eigenvalue weighted by Crippen LogP contribution is 2.23. The van der Waals surface area contributed by atoms with Gasteiger partial charge < -0.3 is 10.6 Å². The van der Waals surface area contributed by atoms with E-state index in [0.717, 1.165) is 19.1 Å². The molecule has 2 aromatic rings. The van der Waals surface area contributed by atoms with Crippen LogP contribution < -0.4 is 10.6 Å². The van der Waals surface area contributed by atoms with Gasteiger partial charge in [0.15, 0.2) is 9.84 Å². The Morgan fingerprint density at radius 2 is 1.69 bits per heavy atom. The van der Waals surface area contributed by atoms with Gasteiger partial charge in [0.2, 0.25) is 0 Å². The van der Waals surface area contributed by atoms with E-state index in [4.69, 9.17) is 0 Å². The lowest BCUT2D eigenvalue weighted by Crippen LogP contribution is -2.27. The zero-order valence-corrected chi connectivity index (χ0v) is 15.4. The van der Waals surface area contributed by atoms with Gasteiger partial charge in [0.1, 0.15) is 0 Å². The van der Waals surface area contributed by atoms with Crippen LogP contribution >= 0.6 is 0 Å². The summed E-state index contributed by atoms with van der Waals surface area (Å²) in [7, 11) is -3.42. The van der Waals surface area contributed by atoms with Gasteiger partial charge in [-0.2, -0.15) is 0 Å². The van der Waals surface area contributed by atoms with Gasteiger partial charge in [-0.15, -0.1) is 0 Å². The standard InChI is InChI=1S/C19H20N2O4S/c1-12-7-10-14(26(2,24)25)11-16(12)19(23)21-17-6-4-3-5-15(17)18(22)20-13-8-9-13/h3-7,10-11,13H,8-9H2,1-2H3,(H,20,22)(H,21,23). The zero-order valence-electron chi connectivity index (χ0n) is 14.6. The maximum Gasteiger partial charge on any atom is 0.255 e. The number of carbonyl (C=O) groups is 2. The van der Waals surface area contributed by atoms with Crippen LogP contribution in [-0.2, 0) is 9.84 Å². The molecule has 1 aliphatic carbocycles. The van der Waals surface area contributed by atoms with Crippen molar-refractivity contribution in [2.45, 2.75) is 30.7 Å². The molecule has 0 atom stereocenters. The Kier molecular flexibility index (Phi) is 4.82. The van der Waals surface area contributed by atoms with Gasteiger partial charge >= 0.3 is 0 Å². The van der Waals surface area contributed by atoms with E-state index in [1.807, 2.05) is 0 Å². The van der Waals surface area contributed by atoms with Crippen LogP contribution in [0.1, 0.15) is 39.1 Å². The minimum atomic E-state index is -3.42. The molecule has 2 amide bonds. The summed E-state index contributed by atoms with van der Waals surface area (Å²) in [6.07, 6.45) is 3.03. The molecule has 6 nitrogen and oxygen atoms in total. The largest absolute Gasteiger partial charge is 0.349 e. The van der Waals surface area contributed by atoms with E-state index in [-0.39, 0.29) is 22.4 Å². The molecular formula is C19H20N2O4S. The van der Waals surface area contributed by atoms with Crippen molar-refractivity contribution in [2.75, 3.05) is 11.6 Å². The molecule has 1 saturated carbocycles. The first-order valence-corrected chi connectivity index (χ1v) is 10.2. The summed E-state index contributed by atoms with van der Waals surface area (Å²) < 4.78 is 23.5. The minimum Gasteiger partial charge on any atom is -0.349 e. The Morgan fingerprint density at radius 3 is 2.35 bits per heavy atom. The molecule has 0 unspecified atom stereocenters. The van der Waals surface area contributed by atoms with Crippen molar-refractivity contribution in [2.24, 2.45) is 0 Å². The lowest BCUT2D eigenvalue weighted by Gasteiger charge is -2.13. The summed E-state index contributed by atoms with van der Waals surface area (Å²) >= 11 is 0. The number of benzene rings is 2. The number of hydrogen-bond acceptors (Lipinski definition) is 4. The number of carbonyl (C=O) groups excluding carboxylic acids is 2. The van der Waals surface area contributed by atoms with E-state index in [1.54, 1.807) is 37.3 Å². The van der Waals surface area contributed by atoms with Gasteiger partial charge in [0.05, 0.1) is 16.1 Å². The van der Waals surface area contributed by atoms with Crippen molar-refractivity contribution in [1.82, 2.24) is 5.32 Å². The summed E-state index contributed by atoms with van der Waals surface area (Å²) in [5.41, 5.74) is 1.67. The highest BCUT2D eigenvalue weighted by Gasteiger charge is 2.25. The van der Waals surface area contributed by atoms with Crippen molar-refractivity contribution in [1.29, 1.82) is 0 Å². The first kappa shape index (κ1) is 18.1. The molecule has 0 aromatic heterocycles. The number of sulfone groups is 1. The Hall–Kier alpha value is -2.67. The lowest BCUT2D eigenvalue weighted by molar-refractivity contribution is 0.0952. The topological polar surface area (TPSA) is 92.3 Å². The number of rotatable bonds is 5. The second-order valence-electron chi connectivity index (χ2n) is 6.50. The maximum absolute atomic E-state index is 12.7. The van der Waals surface area contributed by atoms with Crippen molar-refractivity contribution in [3.63, 3.8) is 0 Å². The third kappa shape index (κ3) is 4.11. The molecule has 0 saturated heterocycles. The average molecular weight is 372 g/mol. The van der Waals surface area contributed by atoms with Crippen LogP contribution in [0.15, 0.2) is 47.4 Å². The first-order valence-electron chi connectivity index (χ1n) is 8.27. The Morgan fingerprint density at radius 1 is 1.00 bits per heavy atom. The predicted molar refractivity (Wildman–Crippen MR) is 99.2 cm³/mol. The van der Waals surface area contributed by atoms with Crippen molar-refractivity contribution < 1.29 is 18.0 Å². The fourth-order valence-electron chi connectivity index (χ4n) is 2.55. The van der Waals surface area contributed by atoms with Crippen LogP contribution in [0.3, 0.4) is 0 Å². The van der Waals surface area contributed by atoms with E-state index in [2.05, 4.69) is 10.6 Å². The van der Waals surface area contributed by atoms with Crippen molar-refractivity contribution in [3.8, 4) is 0 Å². The normalized spacial score (nSPS) is 13.9. The minimum absolute atomic E-state index is 0.0769. The zero-order chi connectivity index (χ0) is 18.9. The van der Waals surface area contributed by atoms with Gasteiger partial charge in [0, 0.05) is 17.9 Å². The van der Waals surface area contributed by atoms with Crippen LogP contribution in [-0.4, -0.2) is 32.5 Å². The van der Waals surface area contributed by atoms with Gasteiger partial charge in [-0.05, 0) is 49.6 Å². The second-order valence-corrected chi connectivity index (χ2v) is 8.51. The number of anilines is 1. The number of amides is 2. The van der Waals surface area contributed by atoms with Crippen LogP contribution in [0.2, 0.25) is 0 Å². The summed E-state index contributed by atoms with van der Waals surface area (Å²) in [5, 5.41) is 5.62. The molecule has 0 heterocycles. The average Bonchev–Trinajstić information content (AvgIpc) is 3.38. The fraction of sp³-hybridized carbons (Fsp3) is 0.263. The number of aryl methyl sites for hydroxylation is 1. The molecule has 26 heavy (non-hydrogen) atoms. The molecule has 0 spiro atoms. The third-order valence-electron chi connectivity index (χ3n) is 4.21. The van der Waals surface area contributed by atoms with Crippen LogP contribution in [0, 0.1) is 6.92 Å². The summed E-state index contributed by atoms with van der Waals surface area (Å²) in [6.45, 7) is 1.73. The molecule has 3 rings (SSSR count). The molecule has 7 heteroatoms. The summed E-state index contributed by atoms with van der Waals surface area (Å²) in [4.78, 5) is 25.1. The Balaban J connectivity index is 1.88. The monoisotopic (exact) mass is 372 g/mol. The molecule has 0 radical (unpaired) electrons. The van der Waals surface area contributed by atoms with Crippen LogP contribution in [0.5, 0.6) is 0 Å². The van der Waals surface area contributed by atoms with Gasteiger partial charge in [-0.3, -0.25) is 9.59 Å². The van der Waals surface area contributed by atoms with E-state index in [1.165, 1.54) is 12.1 Å². The Bertz CT molecular complexity index is 979. The van der Waals surface area contributed by atoms with E-state index < -0.39 is 15.7 Å². The Labute approximate surface area is 152 Å². The molecule has 2 aromatic carbocycles. The number of para-hydroxylation sites is 1.